The number of hydrogen-bond donors (Lipinski definition) is 2. The number of carbonyl (C=O) groups is 1. The van der Waals surface area contributed by atoms with Gasteiger partial charge in [0, 0.05) is 50.1 Å². The fourth-order valence-electron chi connectivity index (χ4n) is 5.16. The fraction of sp³-hybridized carbons (Fsp3) is 0.857. The molecule has 1 spiro atoms. The van der Waals surface area contributed by atoms with Crippen LogP contribution in [0.15, 0.2) is 11.5 Å². The number of urea groups is 1. The van der Waals surface area contributed by atoms with Gasteiger partial charge >= 0.3 is 6.03 Å². The number of aliphatic hydroxyl groups excluding tert-OH is 1. The molecular weight excluding hydrogens is 372 g/mol. The van der Waals surface area contributed by atoms with Crippen LogP contribution in [0.5, 0.6) is 0 Å². The lowest BCUT2D eigenvalue weighted by molar-refractivity contribution is -0.197. The maximum atomic E-state index is 12.8. The highest BCUT2D eigenvalue weighted by atomic mass is 16.7. The summed E-state index contributed by atoms with van der Waals surface area (Å²) < 4.78 is 11.9. The molecule has 0 aromatic heterocycles. The number of nitrogens with zero attached hydrogens (tertiary/aromatic N) is 3. The van der Waals surface area contributed by atoms with Crippen molar-refractivity contribution in [2.75, 3.05) is 54.0 Å². The van der Waals surface area contributed by atoms with Crippen LogP contribution in [0.2, 0.25) is 0 Å². The van der Waals surface area contributed by atoms with Crippen molar-refractivity contribution in [2.24, 2.45) is 5.92 Å². The maximum Gasteiger partial charge on any atom is 0.324 e. The van der Waals surface area contributed by atoms with Gasteiger partial charge in [0.2, 0.25) is 0 Å². The van der Waals surface area contributed by atoms with Gasteiger partial charge in [-0.25, -0.2) is 4.79 Å². The van der Waals surface area contributed by atoms with Crippen molar-refractivity contribution in [1.29, 1.82) is 0 Å². The van der Waals surface area contributed by atoms with Gasteiger partial charge in [-0.1, -0.05) is 0 Å². The number of piperidine rings is 1. The maximum absolute atomic E-state index is 12.8. The van der Waals surface area contributed by atoms with Crippen molar-refractivity contribution in [2.45, 2.75) is 56.4 Å². The molecule has 0 unspecified atom stereocenters. The van der Waals surface area contributed by atoms with Crippen molar-refractivity contribution in [3.05, 3.63) is 11.5 Å². The van der Waals surface area contributed by atoms with E-state index in [0.717, 1.165) is 50.6 Å². The van der Waals surface area contributed by atoms with Gasteiger partial charge < -0.3 is 24.8 Å². The lowest BCUT2D eigenvalue weighted by Gasteiger charge is -2.48. The molecule has 29 heavy (non-hydrogen) atoms. The molecular formula is C21H36N4O4. The molecule has 8 heteroatoms. The molecule has 0 aromatic carbocycles. The number of amides is 2. The Bertz CT molecular complexity index is 643. The van der Waals surface area contributed by atoms with Crippen LogP contribution in [-0.4, -0.2) is 97.7 Å². The van der Waals surface area contributed by atoms with E-state index in [1.807, 2.05) is 19.0 Å². The Morgan fingerprint density at radius 2 is 2.00 bits per heavy atom. The summed E-state index contributed by atoms with van der Waals surface area (Å²) >= 11 is 0. The number of likely N-dealkylation sites (N-methyl/N-ethyl adjacent to an activating group) is 2. The molecule has 4 rings (SSSR count). The quantitative estimate of drug-likeness (QED) is 0.675. The number of likely N-dealkylation sites (tertiary alicyclic amines) is 1. The van der Waals surface area contributed by atoms with Gasteiger partial charge in [-0.15, -0.1) is 0 Å². The van der Waals surface area contributed by atoms with Crippen molar-refractivity contribution in [1.82, 2.24) is 20.0 Å². The molecule has 2 saturated carbocycles. The lowest BCUT2D eigenvalue weighted by atomic mass is 9.74. The Kier molecular flexibility index (Phi) is 6.06. The summed E-state index contributed by atoms with van der Waals surface area (Å²) in [7, 11) is 6.08. The molecule has 2 N–H and O–H groups in total. The number of fused-ring (bicyclic) bond motifs is 1. The van der Waals surface area contributed by atoms with E-state index in [2.05, 4.69) is 17.3 Å². The molecule has 2 heterocycles. The molecule has 0 radical (unpaired) electrons. The Balaban J connectivity index is 1.47. The second-order valence-corrected chi connectivity index (χ2v) is 9.36. The van der Waals surface area contributed by atoms with Gasteiger partial charge in [0.1, 0.15) is 0 Å². The summed E-state index contributed by atoms with van der Waals surface area (Å²) in [5.41, 5.74) is 0.957. The summed E-state index contributed by atoms with van der Waals surface area (Å²) in [5, 5.41) is 14.1. The number of aliphatic hydroxyl groups is 1. The first-order valence-corrected chi connectivity index (χ1v) is 11.0. The van der Waals surface area contributed by atoms with Crippen LogP contribution in [0, 0.1) is 5.92 Å². The van der Waals surface area contributed by atoms with Crippen LogP contribution in [0.25, 0.3) is 0 Å². The zero-order chi connectivity index (χ0) is 20.6. The third-order valence-corrected chi connectivity index (χ3v) is 6.78. The van der Waals surface area contributed by atoms with Crippen molar-refractivity contribution in [3.8, 4) is 0 Å². The van der Waals surface area contributed by atoms with Gasteiger partial charge in [0.25, 0.3) is 0 Å². The van der Waals surface area contributed by atoms with Gasteiger partial charge in [0.15, 0.2) is 11.7 Å². The summed E-state index contributed by atoms with van der Waals surface area (Å²) in [6.07, 6.45) is 5.54. The minimum Gasteiger partial charge on any atom is -0.494 e. The molecule has 164 valence electrons. The monoisotopic (exact) mass is 408 g/mol. The second-order valence-electron chi connectivity index (χ2n) is 9.36. The second kappa shape index (κ2) is 8.41. The summed E-state index contributed by atoms with van der Waals surface area (Å²) in [6, 6.07) is 0.407. The average Bonchev–Trinajstić information content (AvgIpc) is 3.40. The first kappa shape index (κ1) is 20.9. The first-order chi connectivity index (χ1) is 13.9. The smallest absolute Gasteiger partial charge is 0.324 e. The summed E-state index contributed by atoms with van der Waals surface area (Å²) in [5.74, 6) is 0.100. The average molecular weight is 409 g/mol. The number of rotatable bonds is 5. The summed E-state index contributed by atoms with van der Waals surface area (Å²) in [4.78, 5) is 18.8. The molecule has 2 aliphatic heterocycles. The SMILES string of the molecule is CN(C)CCNC(=O)N(/C(O)=C1\C[C@@H]2CC3(CC[C@H]2N(C)C1)OCCO3)C1CC1. The van der Waals surface area contributed by atoms with Crippen molar-refractivity contribution in [3.63, 3.8) is 0 Å². The third kappa shape index (κ3) is 4.55. The molecule has 0 aromatic rings. The first-order valence-electron chi connectivity index (χ1n) is 11.0. The molecule has 8 nitrogen and oxygen atoms in total. The van der Waals surface area contributed by atoms with E-state index in [0.29, 0.717) is 38.3 Å². The van der Waals surface area contributed by atoms with E-state index >= 15 is 0 Å². The van der Waals surface area contributed by atoms with Crippen LogP contribution >= 0.6 is 0 Å². The molecule has 4 fully saturated rings. The van der Waals surface area contributed by atoms with Gasteiger partial charge in [0.05, 0.1) is 13.2 Å². The Hall–Kier alpha value is -1.35. The standard InChI is InChI=1S/C21H36N4O4/c1-23(2)9-8-22-20(27)25(17-4-5-17)19(26)16-12-15-13-21(28-10-11-29-21)7-6-18(15)24(3)14-16/h15,17-18,26H,4-14H2,1-3H3,(H,22,27)/b19-16-/t15-,18-/m1/s1. The van der Waals surface area contributed by atoms with Crippen LogP contribution in [-0.2, 0) is 9.47 Å². The highest BCUT2D eigenvalue weighted by Gasteiger charge is 2.48. The molecule has 0 bridgehead atoms. The van der Waals surface area contributed by atoms with E-state index in [-0.39, 0.29) is 18.0 Å². The Morgan fingerprint density at radius 1 is 1.28 bits per heavy atom. The van der Waals surface area contributed by atoms with E-state index in [1.54, 1.807) is 4.90 Å². The Labute approximate surface area is 173 Å². The third-order valence-electron chi connectivity index (χ3n) is 6.78. The molecule has 2 aliphatic carbocycles. The molecule has 2 saturated heterocycles. The fourth-order valence-corrected chi connectivity index (χ4v) is 5.16. The predicted octanol–water partition coefficient (Wildman–Crippen LogP) is 1.74. The number of carbonyl (C=O) groups excluding carboxylic acids is 1. The number of ether oxygens (including phenoxy) is 2. The predicted molar refractivity (Wildman–Crippen MR) is 109 cm³/mol. The largest absolute Gasteiger partial charge is 0.494 e. The minimum atomic E-state index is -0.431. The Morgan fingerprint density at radius 3 is 2.66 bits per heavy atom. The normalized spacial score (nSPS) is 31.0. The van der Waals surface area contributed by atoms with Crippen molar-refractivity contribution >= 4 is 6.03 Å². The highest BCUT2D eigenvalue weighted by molar-refractivity contribution is 5.76. The van der Waals surface area contributed by atoms with Crippen LogP contribution in [0.4, 0.5) is 4.79 Å². The van der Waals surface area contributed by atoms with Crippen molar-refractivity contribution < 1.29 is 19.4 Å². The summed E-state index contributed by atoms with van der Waals surface area (Å²) in [6.45, 7) is 3.39. The zero-order valence-corrected chi connectivity index (χ0v) is 18.0. The van der Waals surface area contributed by atoms with E-state index in [1.165, 1.54) is 0 Å². The van der Waals surface area contributed by atoms with Crippen LogP contribution < -0.4 is 5.32 Å². The number of hydrogen-bond acceptors (Lipinski definition) is 6. The van der Waals surface area contributed by atoms with Crippen LogP contribution in [0.1, 0.15) is 38.5 Å². The van der Waals surface area contributed by atoms with Gasteiger partial charge in [-0.3, -0.25) is 9.80 Å². The molecule has 2 amide bonds. The minimum absolute atomic E-state index is 0.115. The molecule has 4 aliphatic rings. The van der Waals surface area contributed by atoms with Crippen LogP contribution in [0.3, 0.4) is 0 Å². The topological polar surface area (TPSA) is 77.5 Å². The number of nitrogens with one attached hydrogen (secondary N) is 1. The molecule has 2 atom stereocenters. The van der Waals surface area contributed by atoms with E-state index < -0.39 is 5.79 Å². The highest BCUT2D eigenvalue weighted by Crippen LogP contribution is 2.45. The zero-order valence-electron chi connectivity index (χ0n) is 18.0. The van der Waals surface area contributed by atoms with E-state index in [9.17, 15) is 9.90 Å². The van der Waals surface area contributed by atoms with E-state index in [4.69, 9.17) is 9.47 Å². The van der Waals surface area contributed by atoms with Gasteiger partial charge in [-0.05, 0) is 52.7 Å². The van der Waals surface area contributed by atoms with Gasteiger partial charge in [-0.2, -0.15) is 0 Å². The lowest BCUT2D eigenvalue weighted by Crippen LogP contribution is -2.52.